The summed E-state index contributed by atoms with van der Waals surface area (Å²) in [5.41, 5.74) is 1.64. The molecule has 1 aliphatic heterocycles. The molecule has 0 bridgehead atoms. The van der Waals surface area contributed by atoms with Gasteiger partial charge in [-0.25, -0.2) is 8.42 Å². The lowest BCUT2D eigenvalue weighted by atomic mass is 10.1. The molecule has 0 aromatic heterocycles. The molecule has 0 saturated carbocycles. The lowest BCUT2D eigenvalue weighted by Gasteiger charge is -2.34. The zero-order valence-electron chi connectivity index (χ0n) is 17.2. The number of carbonyl (C=O) groups excluding carboxylic acids is 2. The monoisotopic (exact) mass is 410 g/mol. The number of amides is 2. The van der Waals surface area contributed by atoms with Crippen molar-refractivity contribution in [2.24, 2.45) is 0 Å². The quantitative estimate of drug-likeness (QED) is 0.625. The maximum absolute atomic E-state index is 13.0. The summed E-state index contributed by atoms with van der Waals surface area (Å²) in [5.74, 6) is 0.107. The lowest BCUT2D eigenvalue weighted by molar-refractivity contribution is -0.885. The number of rotatable bonds is 8. The Morgan fingerprint density at radius 3 is 2.43 bits per heavy atom. The van der Waals surface area contributed by atoms with E-state index in [9.17, 15) is 18.0 Å². The minimum absolute atomic E-state index is 0.00377. The second-order valence-electron chi connectivity index (χ2n) is 7.70. The number of hydrogen-bond acceptors (Lipinski definition) is 4. The van der Waals surface area contributed by atoms with E-state index in [-0.39, 0.29) is 35.4 Å². The molecule has 1 unspecified atom stereocenters. The largest absolute Gasteiger partial charge is 0.355 e. The Kier molecular flexibility index (Phi) is 7.60. The summed E-state index contributed by atoms with van der Waals surface area (Å²) < 4.78 is 23.7. The molecule has 1 fully saturated rings. The molecule has 2 amide bonds. The van der Waals surface area contributed by atoms with Crippen molar-refractivity contribution < 1.29 is 22.9 Å². The molecule has 0 spiro atoms. The average molecular weight is 411 g/mol. The van der Waals surface area contributed by atoms with Gasteiger partial charge in [0.2, 0.25) is 0 Å². The van der Waals surface area contributed by atoms with Gasteiger partial charge in [0, 0.05) is 30.3 Å². The van der Waals surface area contributed by atoms with E-state index in [0.29, 0.717) is 25.1 Å². The SMILES string of the molecule is CC[C@H](C)N(C(=O)C[NH+](C)Cc1ccc(C(=O)NC)cc1)[C@H]1CCS(=O)(=O)C1. The van der Waals surface area contributed by atoms with E-state index in [1.807, 2.05) is 33.0 Å². The average Bonchev–Trinajstić information content (AvgIpc) is 3.00. The molecule has 156 valence electrons. The first-order chi connectivity index (χ1) is 13.2. The zero-order chi connectivity index (χ0) is 20.9. The number of benzene rings is 1. The van der Waals surface area contributed by atoms with Gasteiger partial charge in [-0.2, -0.15) is 0 Å². The molecule has 28 heavy (non-hydrogen) atoms. The zero-order valence-corrected chi connectivity index (χ0v) is 18.0. The van der Waals surface area contributed by atoms with Crippen molar-refractivity contribution in [1.82, 2.24) is 10.2 Å². The van der Waals surface area contributed by atoms with Gasteiger partial charge in [0.25, 0.3) is 11.8 Å². The fourth-order valence-electron chi connectivity index (χ4n) is 3.68. The molecule has 1 heterocycles. The Bertz CT molecular complexity index is 792. The predicted octanol–water partition coefficient (Wildman–Crippen LogP) is -0.125. The highest BCUT2D eigenvalue weighted by atomic mass is 32.2. The van der Waals surface area contributed by atoms with Crippen LogP contribution in [0.5, 0.6) is 0 Å². The Morgan fingerprint density at radius 1 is 1.29 bits per heavy atom. The van der Waals surface area contributed by atoms with Gasteiger partial charge in [0.15, 0.2) is 16.4 Å². The number of likely N-dealkylation sites (N-methyl/N-ethyl adjacent to an activating group) is 1. The van der Waals surface area contributed by atoms with Crippen LogP contribution in [0.15, 0.2) is 24.3 Å². The summed E-state index contributed by atoms with van der Waals surface area (Å²) in [7, 11) is 0.505. The number of sulfone groups is 1. The van der Waals surface area contributed by atoms with Crippen LogP contribution in [0.4, 0.5) is 0 Å². The molecule has 3 atom stereocenters. The molecule has 1 aromatic carbocycles. The van der Waals surface area contributed by atoms with Crippen LogP contribution in [-0.4, -0.2) is 69.4 Å². The number of hydrogen-bond donors (Lipinski definition) is 2. The van der Waals surface area contributed by atoms with Crippen molar-refractivity contribution in [1.29, 1.82) is 0 Å². The third-order valence-electron chi connectivity index (χ3n) is 5.36. The van der Waals surface area contributed by atoms with E-state index in [0.717, 1.165) is 16.9 Å². The second kappa shape index (κ2) is 9.52. The van der Waals surface area contributed by atoms with Crippen LogP contribution in [0.25, 0.3) is 0 Å². The lowest BCUT2D eigenvalue weighted by Crippen LogP contribution is -3.09. The molecule has 2 rings (SSSR count). The first-order valence-corrected chi connectivity index (χ1v) is 11.6. The topological polar surface area (TPSA) is 88.0 Å². The third kappa shape index (κ3) is 5.78. The second-order valence-corrected chi connectivity index (χ2v) is 9.93. The summed E-state index contributed by atoms with van der Waals surface area (Å²) in [6.45, 7) is 4.95. The minimum Gasteiger partial charge on any atom is -0.355 e. The van der Waals surface area contributed by atoms with Crippen molar-refractivity contribution in [3.63, 3.8) is 0 Å². The predicted molar refractivity (Wildman–Crippen MR) is 109 cm³/mol. The van der Waals surface area contributed by atoms with Crippen LogP contribution in [0.1, 0.15) is 42.6 Å². The van der Waals surface area contributed by atoms with Gasteiger partial charge in [-0.05, 0) is 31.9 Å². The van der Waals surface area contributed by atoms with Crippen molar-refractivity contribution >= 4 is 21.7 Å². The highest BCUT2D eigenvalue weighted by Crippen LogP contribution is 2.21. The Labute approximate surface area is 168 Å². The van der Waals surface area contributed by atoms with Crippen molar-refractivity contribution in [2.75, 3.05) is 32.1 Å². The first-order valence-electron chi connectivity index (χ1n) is 9.80. The number of quaternary nitrogens is 1. The summed E-state index contributed by atoms with van der Waals surface area (Å²) >= 11 is 0. The number of nitrogens with one attached hydrogen (secondary N) is 2. The maximum Gasteiger partial charge on any atom is 0.278 e. The number of carbonyl (C=O) groups is 2. The van der Waals surface area contributed by atoms with Crippen molar-refractivity contribution in [2.45, 2.75) is 45.3 Å². The van der Waals surface area contributed by atoms with Crippen LogP contribution in [0.3, 0.4) is 0 Å². The smallest absolute Gasteiger partial charge is 0.278 e. The molecule has 1 aliphatic rings. The van der Waals surface area contributed by atoms with E-state index in [2.05, 4.69) is 5.32 Å². The third-order valence-corrected chi connectivity index (χ3v) is 7.11. The Balaban J connectivity index is 2.01. The van der Waals surface area contributed by atoms with Gasteiger partial charge >= 0.3 is 0 Å². The van der Waals surface area contributed by atoms with E-state index >= 15 is 0 Å². The standard InChI is InChI=1S/C20H31N3O4S/c1-5-15(2)23(18-10-11-28(26,27)14-18)19(24)13-22(4)12-16-6-8-17(9-7-16)20(25)21-3/h6-9,15,18H,5,10-14H2,1-4H3,(H,21,25)/p+1/t15-,18-/m0/s1. The Hall–Kier alpha value is -1.93. The van der Waals surface area contributed by atoms with Crippen LogP contribution < -0.4 is 10.2 Å². The fraction of sp³-hybridized carbons (Fsp3) is 0.600. The highest BCUT2D eigenvalue weighted by molar-refractivity contribution is 7.91. The van der Waals surface area contributed by atoms with E-state index in [1.165, 1.54) is 0 Å². The van der Waals surface area contributed by atoms with Gasteiger partial charge in [-0.15, -0.1) is 0 Å². The first kappa shape index (κ1) is 22.4. The summed E-state index contributed by atoms with van der Waals surface area (Å²) in [6, 6.07) is 7.15. The van der Waals surface area contributed by atoms with E-state index in [1.54, 1.807) is 24.1 Å². The minimum atomic E-state index is -3.04. The van der Waals surface area contributed by atoms with Gasteiger partial charge in [0.1, 0.15) is 6.54 Å². The van der Waals surface area contributed by atoms with Crippen LogP contribution >= 0.6 is 0 Å². The van der Waals surface area contributed by atoms with E-state index < -0.39 is 9.84 Å². The highest BCUT2D eigenvalue weighted by Gasteiger charge is 2.37. The molecule has 0 radical (unpaired) electrons. The maximum atomic E-state index is 13.0. The van der Waals surface area contributed by atoms with Gasteiger partial charge < -0.3 is 15.1 Å². The van der Waals surface area contributed by atoms with Crippen molar-refractivity contribution in [3.05, 3.63) is 35.4 Å². The molecule has 1 saturated heterocycles. The molecule has 0 aliphatic carbocycles. The molecular formula is C20H32N3O4S+. The van der Waals surface area contributed by atoms with Crippen LogP contribution in [-0.2, 0) is 21.2 Å². The Morgan fingerprint density at radius 2 is 1.93 bits per heavy atom. The molecule has 1 aromatic rings. The molecule has 8 heteroatoms. The van der Waals surface area contributed by atoms with Gasteiger partial charge in [-0.1, -0.05) is 19.1 Å². The molecule has 2 N–H and O–H groups in total. The molecule has 7 nitrogen and oxygen atoms in total. The normalized spacial score (nSPS) is 20.4. The summed E-state index contributed by atoms with van der Waals surface area (Å²) in [5, 5.41) is 2.59. The summed E-state index contributed by atoms with van der Waals surface area (Å²) in [4.78, 5) is 27.4. The summed E-state index contributed by atoms with van der Waals surface area (Å²) in [6.07, 6.45) is 1.32. The van der Waals surface area contributed by atoms with Crippen LogP contribution in [0, 0.1) is 0 Å². The molecular weight excluding hydrogens is 378 g/mol. The van der Waals surface area contributed by atoms with Gasteiger partial charge in [-0.3, -0.25) is 9.59 Å². The number of nitrogens with zero attached hydrogens (tertiary/aromatic N) is 1. The van der Waals surface area contributed by atoms with Crippen LogP contribution in [0.2, 0.25) is 0 Å². The van der Waals surface area contributed by atoms with Crippen molar-refractivity contribution in [3.8, 4) is 0 Å². The van der Waals surface area contributed by atoms with E-state index in [4.69, 9.17) is 0 Å². The fourth-order valence-corrected chi connectivity index (χ4v) is 5.39. The van der Waals surface area contributed by atoms with Gasteiger partial charge in [0.05, 0.1) is 18.6 Å².